The predicted molar refractivity (Wildman–Crippen MR) is 78.3 cm³/mol. The van der Waals surface area contributed by atoms with E-state index < -0.39 is 5.60 Å². The summed E-state index contributed by atoms with van der Waals surface area (Å²) in [7, 11) is 2.14. The minimum absolute atomic E-state index is 0.449. The molecule has 19 heavy (non-hydrogen) atoms. The van der Waals surface area contributed by atoms with Crippen LogP contribution in [0.4, 0.5) is 0 Å². The van der Waals surface area contributed by atoms with Gasteiger partial charge in [0.1, 0.15) is 0 Å². The number of hydrogen-bond donors (Lipinski definition) is 1. The van der Waals surface area contributed by atoms with Gasteiger partial charge in [-0.25, -0.2) is 0 Å². The summed E-state index contributed by atoms with van der Waals surface area (Å²) in [5, 5.41) is 10.9. The van der Waals surface area contributed by atoms with Crippen molar-refractivity contribution in [3.8, 4) is 0 Å². The smallest absolute Gasteiger partial charge is 0.0923 e. The zero-order chi connectivity index (χ0) is 13.5. The molecule has 0 bridgehead atoms. The van der Waals surface area contributed by atoms with Crippen LogP contribution in [0.2, 0.25) is 0 Å². The van der Waals surface area contributed by atoms with Crippen LogP contribution in [0.15, 0.2) is 24.3 Å². The van der Waals surface area contributed by atoms with Crippen molar-refractivity contribution >= 4 is 0 Å². The Balaban J connectivity index is 1.77. The summed E-state index contributed by atoms with van der Waals surface area (Å²) in [6.07, 6.45) is 5.74. The van der Waals surface area contributed by atoms with Crippen LogP contribution < -0.4 is 0 Å². The summed E-state index contributed by atoms with van der Waals surface area (Å²) in [5.41, 5.74) is 1.94. The third-order valence-electron chi connectivity index (χ3n) is 5.29. The molecule has 3 rings (SSSR count). The van der Waals surface area contributed by atoms with Crippen LogP contribution in [-0.4, -0.2) is 29.6 Å². The number of hydrogen-bond acceptors (Lipinski definition) is 2. The molecule has 104 valence electrons. The van der Waals surface area contributed by atoms with Gasteiger partial charge in [-0.2, -0.15) is 0 Å². The lowest BCUT2D eigenvalue weighted by molar-refractivity contribution is -0.0408. The Morgan fingerprint density at radius 2 is 1.89 bits per heavy atom. The molecule has 2 fully saturated rings. The van der Waals surface area contributed by atoms with Gasteiger partial charge < -0.3 is 10.0 Å². The maximum Gasteiger partial charge on any atom is 0.0923 e. The van der Waals surface area contributed by atoms with Crippen molar-refractivity contribution in [3.63, 3.8) is 0 Å². The number of likely N-dealkylation sites (tertiary alicyclic amines) is 1. The first-order valence-electron chi connectivity index (χ1n) is 7.61. The minimum atomic E-state index is -0.621. The summed E-state index contributed by atoms with van der Waals surface area (Å²) in [6.45, 7) is 3.18. The van der Waals surface area contributed by atoms with E-state index in [9.17, 15) is 5.11 Å². The molecule has 1 N–H and O–H groups in total. The van der Waals surface area contributed by atoms with Crippen molar-refractivity contribution in [2.24, 2.45) is 0 Å². The Morgan fingerprint density at radius 3 is 2.42 bits per heavy atom. The summed E-state index contributed by atoms with van der Waals surface area (Å²) < 4.78 is 0. The van der Waals surface area contributed by atoms with Crippen molar-refractivity contribution < 1.29 is 5.11 Å². The van der Waals surface area contributed by atoms with Crippen LogP contribution >= 0.6 is 0 Å². The number of piperidine rings is 1. The average Bonchev–Trinajstić information content (AvgIpc) is 2.33. The Labute approximate surface area is 116 Å². The number of aliphatic hydroxyl groups is 1. The van der Waals surface area contributed by atoms with Crippen LogP contribution in [0.5, 0.6) is 0 Å². The molecule has 2 aliphatic rings. The monoisotopic (exact) mass is 259 g/mol. The SMILES string of the molecule is CC1CC(O)(c2ccc(C3CCC3)cc2)CCN1C. The van der Waals surface area contributed by atoms with Gasteiger partial charge in [0.2, 0.25) is 0 Å². The van der Waals surface area contributed by atoms with Gasteiger partial charge in [-0.15, -0.1) is 0 Å². The highest BCUT2D eigenvalue weighted by molar-refractivity contribution is 5.30. The van der Waals surface area contributed by atoms with E-state index in [0.29, 0.717) is 6.04 Å². The van der Waals surface area contributed by atoms with E-state index in [4.69, 9.17) is 0 Å². The van der Waals surface area contributed by atoms with Gasteiger partial charge in [0.05, 0.1) is 5.60 Å². The second-order valence-electron chi connectivity index (χ2n) is 6.57. The van der Waals surface area contributed by atoms with E-state index >= 15 is 0 Å². The molecule has 2 nitrogen and oxygen atoms in total. The molecule has 2 unspecified atom stereocenters. The third-order valence-corrected chi connectivity index (χ3v) is 5.29. The van der Waals surface area contributed by atoms with E-state index in [0.717, 1.165) is 30.9 Å². The molecule has 2 atom stereocenters. The maximum absolute atomic E-state index is 10.9. The highest BCUT2D eigenvalue weighted by Crippen LogP contribution is 2.39. The fourth-order valence-corrected chi connectivity index (χ4v) is 3.40. The van der Waals surface area contributed by atoms with Gasteiger partial charge in [-0.3, -0.25) is 0 Å². The molecule has 1 heterocycles. The zero-order valence-corrected chi connectivity index (χ0v) is 12.1. The first kappa shape index (κ1) is 13.1. The van der Waals surface area contributed by atoms with Gasteiger partial charge in [0.25, 0.3) is 0 Å². The van der Waals surface area contributed by atoms with Crippen LogP contribution in [0.25, 0.3) is 0 Å². The fraction of sp³-hybridized carbons (Fsp3) is 0.647. The molecule has 0 amide bonds. The van der Waals surface area contributed by atoms with Crippen molar-refractivity contribution in [3.05, 3.63) is 35.4 Å². The van der Waals surface area contributed by atoms with E-state index in [-0.39, 0.29) is 0 Å². The maximum atomic E-state index is 10.9. The number of nitrogens with zero attached hydrogens (tertiary/aromatic N) is 1. The van der Waals surface area contributed by atoms with Crippen molar-refractivity contribution in [2.75, 3.05) is 13.6 Å². The Morgan fingerprint density at radius 1 is 1.21 bits per heavy atom. The molecule has 1 aromatic rings. The van der Waals surface area contributed by atoms with Crippen molar-refractivity contribution in [2.45, 2.75) is 56.6 Å². The molecule has 1 aliphatic heterocycles. The lowest BCUT2D eigenvalue weighted by Crippen LogP contribution is -2.45. The van der Waals surface area contributed by atoms with Gasteiger partial charge >= 0.3 is 0 Å². The van der Waals surface area contributed by atoms with E-state index in [1.165, 1.54) is 24.8 Å². The number of rotatable bonds is 2. The van der Waals surface area contributed by atoms with Gasteiger partial charge in [-0.05, 0) is 56.7 Å². The molecule has 0 spiro atoms. The second kappa shape index (κ2) is 4.92. The Kier molecular flexibility index (Phi) is 3.40. The summed E-state index contributed by atoms with van der Waals surface area (Å²) >= 11 is 0. The average molecular weight is 259 g/mol. The van der Waals surface area contributed by atoms with Gasteiger partial charge in [-0.1, -0.05) is 30.7 Å². The molecule has 1 aliphatic carbocycles. The lowest BCUT2D eigenvalue weighted by Gasteiger charge is -2.41. The largest absolute Gasteiger partial charge is 0.385 e. The summed E-state index contributed by atoms with van der Waals surface area (Å²) in [6, 6.07) is 9.24. The standard InChI is InChI=1S/C17H25NO/c1-13-12-17(19,10-11-18(13)2)16-8-6-15(7-9-16)14-4-3-5-14/h6-9,13-14,19H,3-5,10-12H2,1-2H3. The quantitative estimate of drug-likeness (QED) is 0.881. The third kappa shape index (κ3) is 2.44. The van der Waals surface area contributed by atoms with Gasteiger partial charge in [0.15, 0.2) is 0 Å². The Bertz CT molecular complexity index is 437. The Hall–Kier alpha value is -0.860. The molecular weight excluding hydrogens is 234 g/mol. The minimum Gasteiger partial charge on any atom is -0.385 e. The van der Waals surface area contributed by atoms with E-state index in [1.54, 1.807) is 0 Å². The fourth-order valence-electron chi connectivity index (χ4n) is 3.40. The van der Waals surface area contributed by atoms with Crippen LogP contribution in [0, 0.1) is 0 Å². The topological polar surface area (TPSA) is 23.5 Å². The first-order valence-corrected chi connectivity index (χ1v) is 7.61. The highest BCUT2D eigenvalue weighted by Gasteiger charge is 2.36. The first-order chi connectivity index (χ1) is 9.08. The van der Waals surface area contributed by atoms with Crippen LogP contribution in [-0.2, 0) is 5.60 Å². The van der Waals surface area contributed by atoms with Crippen LogP contribution in [0.3, 0.4) is 0 Å². The lowest BCUT2D eigenvalue weighted by atomic mass is 9.77. The molecule has 2 heteroatoms. The summed E-state index contributed by atoms with van der Waals surface area (Å²) in [5.74, 6) is 0.778. The second-order valence-corrected chi connectivity index (χ2v) is 6.57. The summed E-state index contributed by atoms with van der Waals surface area (Å²) in [4.78, 5) is 2.33. The zero-order valence-electron chi connectivity index (χ0n) is 12.1. The highest BCUT2D eigenvalue weighted by atomic mass is 16.3. The molecule has 0 aromatic heterocycles. The van der Waals surface area contributed by atoms with Gasteiger partial charge in [0, 0.05) is 12.6 Å². The molecule has 1 aromatic carbocycles. The predicted octanol–water partition coefficient (Wildman–Crippen LogP) is 3.26. The molecule has 1 saturated heterocycles. The molecular formula is C17H25NO. The van der Waals surface area contributed by atoms with E-state index in [2.05, 4.69) is 43.1 Å². The van der Waals surface area contributed by atoms with Crippen molar-refractivity contribution in [1.82, 2.24) is 4.90 Å². The normalized spacial score (nSPS) is 33.1. The van der Waals surface area contributed by atoms with Crippen LogP contribution in [0.1, 0.15) is 56.1 Å². The molecule has 1 saturated carbocycles. The van der Waals surface area contributed by atoms with E-state index in [1.807, 2.05) is 0 Å². The number of benzene rings is 1. The van der Waals surface area contributed by atoms with Crippen molar-refractivity contribution in [1.29, 1.82) is 0 Å². The molecule has 0 radical (unpaired) electrons.